The maximum Gasteiger partial charge on any atom is 0.573 e. The van der Waals surface area contributed by atoms with Crippen LogP contribution in [0.2, 0.25) is 0 Å². The van der Waals surface area contributed by atoms with Crippen LogP contribution in [0.3, 0.4) is 0 Å². The van der Waals surface area contributed by atoms with Crippen molar-refractivity contribution >= 4 is 51.0 Å². The third-order valence-electron chi connectivity index (χ3n) is 5.94. The quantitative estimate of drug-likeness (QED) is 0.138. The highest BCUT2D eigenvalue weighted by molar-refractivity contribution is 7.80. The number of aryl methyl sites for hydroxylation is 2. The minimum Gasteiger partial charge on any atom is -0.406 e. The monoisotopic (exact) mass is 534 g/mol. The van der Waals surface area contributed by atoms with Gasteiger partial charge in [-0.2, -0.15) is 5.10 Å². The number of para-hydroxylation sites is 1. The molecule has 0 aliphatic rings. The van der Waals surface area contributed by atoms with Crippen molar-refractivity contribution in [3.8, 4) is 17.0 Å². The van der Waals surface area contributed by atoms with Crippen LogP contribution in [0, 0.1) is 13.8 Å². The molecule has 0 saturated carbocycles. The number of alkyl halides is 3. The molecule has 1 heterocycles. The van der Waals surface area contributed by atoms with E-state index in [1.54, 1.807) is 6.21 Å². The molecule has 192 valence electrons. The fraction of sp³-hybridized carbons (Fsp3) is 0.107. The molecule has 6 nitrogen and oxygen atoms in total. The first kappa shape index (κ1) is 25.2. The molecular formula is C28H21F3N4O2S. The van der Waals surface area contributed by atoms with Crippen LogP contribution >= 0.6 is 12.2 Å². The van der Waals surface area contributed by atoms with E-state index in [0.717, 1.165) is 38.5 Å². The van der Waals surface area contributed by atoms with Gasteiger partial charge in [-0.25, -0.2) is 0 Å². The number of benzene rings is 4. The third kappa shape index (κ3) is 5.45. The summed E-state index contributed by atoms with van der Waals surface area (Å²) >= 11 is 5.36. The van der Waals surface area contributed by atoms with Crippen LogP contribution in [0.5, 0.6) is 5.75 Å². The number of hydrogen-bond donors (Lipinski definition) is 2. The summed E-state index contributed by atoms with van der Waals surface area (Å²) in [5.41, 5.74) is 8.52. The Balaban J connectivity index is 1.32. The van der Waals surface area contributed by atoms with E-state index in [-0.39, 0.29) is 5.75 Å². The summed E-state index contributed by atoms with van der Waals surface area (Å²) in [6.45, 7) is 4.02. The van der Waals surface area contributed by atoms with E-state index in [1.807, 2.05) is 62.4 Å². The number of aromatic nitrogens is 1. The first-order valence-corrected chi connectivity index (χ1v) is 11.9. The van der Waals surface area contributed by atoms with Crippen molar-refractivity contribution in [3.05, 3.63) is 89.5 Å². The molecule has 38 heavy (non-hydrogen) atoms. The molecule has 4 aromatic carbocycles. The van der Waals surface area contributed by atoms with E-state index in [9.17, 15) is 13.2 Å². The van der Waals surface area contributed by atoms with Gasteiger partial charge in [0.2, 0.25) is 0 Å². The Morgan fingerprint density at radius 2 is 1.68 bits per heavy atom. The second kappa shape index (κ2) is 10.1. The first-order chi connectivity index (χ1) is 18.2. The molecule has 0 saturated heterocycles. The number of anilines is 1. The Hall–Kier alpha value is -4.44. The van der Waals surface area contributed by atoms with Gasteiger partial charge in [-0.3, -0.25) is 5.43 Å². The minimum absolute atomic E-state index is 0.301. The Bertz CT molecular complexity index is 1660. The van der Waals surface area contributed by atoms with Crippen LogP contribution in [0.25, 0.3) is 33.0 Å². The van der Waals surface area contributed by atoms with Gasteiger partial charge in [-0.1, -0.05) is 35.5 Å². The third-order valence-corrected chi connectivity index (χ3v) is 6.13. The summed E-state index contributed by atoms with van der Waals surface area (Å²) in [4.78, 5) is 0. The van der Waals surface area contributed by atoms with Gasteiger partial charge in [0.1, 0.15) is 11.4 Å². The van der Waals surface area contributed by atoms with E-state index >= 15 is 0 Å². The molecule has 1 aromatic heterocycles. The van der Waals surface area contributed by atoms with Gasteiger partial charge < -0.3 is 14.6 Å². The Kier molecular flexibility index (Phi) is 6.73. The zero-order valence-corrected chi connectivity index (χ0v) is 21.1. The van der Waals surface area contributed by atoms with Crippen LogP contribution in [0.15, 0.2) is 82.4 Å². The van der Waals surface area contributed by atoms with E-state index < -0.39 is 6.36 Å². The lowest BCUT2D eigenvalue weighted by Crippen LogP contribution is -2.24. The molecular weight excluding hydrogens is 513 g/mol. The number of hydrazone groups is 1. The van der Waals surface area contributed by atoms with Gasteiger partial charge in [0.05, 0.1) is 11.6 Å². The molecule has 0 atom stereocenters. The number of nitrogens with zero attached hydrogens (tertiary/aromatic N) is 2. The van der Waals surface area contributed by atoms with Gasteiger partial charge in [-0.05, 0) is 90.6 Å². The summed E-state index contributed by atoms with van der Waals surface area (Å²) in [5, 5.41) is 14.5. The summed E-state index contributed by atoms with van der Waals surface area (Å²) in [7, 11) is 0. The molecule has 5 rings (SSSR count). The van der Waals surface area contributed by atoms with Gasteiger partial charge in [0.25, 0.3) is 0 Å². The molecule has 5 aromatic rings. The molecule has 0 aliphatic carbocycles. The second-order valence-corrected chi connectivity index (χ2v) is 9.03. The van der Waals surface area contributed by atoms with E-state index in [2.05, 4.69) is 25.7 Å². The maximum atomic E-state index is 12.4. The number of halogens is 3. The largest absolute Gasteiger partial charge is 0.573 e. The highest BCUT2D eigenvalue weighted by Crippen LogP contribution is 2.34. The van der Waals surface area contributed by atoms with Crippen molar-refractivity contribution in [2.24, 2.45) is 5.10 Å². The summed E-state index contributed by atoms with van der Waals surface area (Å²) in [6.07, 6.45) is -3.08. The van der Waals surface area contributed by atoms with Crippen molar-refractivity contribution < 1.29 is 22.4 Å². The Morgan fingerprint density at radius 1 is 0.974 bits per heavy atom. The number of fused-ring (bicyclic) bond motifs is 3. The zero-order valence-electron chi connectivity index (χ0n) is 20.3. The average Bonchev–Trinajstić information content (AvgIpc) is 3.30. The molecule has 0 unspecified atom stereocenters. The Labute approximate surface area is 221 Å². The zero-order chi connectivity index (χ0) is 26.9. The predicted octanol–water partition coefficient (Wildman–Crippen LogP) is 7.48. The summed E-state index contributed by atoms with van der Waals surface area (Å²) in [5.74, 6) is -0.301. The lowest BCUT2D eigenvalue weighted by atomic mass is 10.0. The van der Waals surface area contributed by atoms with Crippen LogP contribution < -0.4 is 15.5 Å². The normalized spacial score (nSPS) is 11.8. The molecule has 0 spiro atoms. The lowest BCUT2D eigenvalue weighted by molar-refractivity contribution is -0.274. The molecule has 2 N–H and O–H groups in total. The molecule has 10 heteroatoms. The van der Waals surface area contributed by atoms with Gasteiger partial charge >= 0.3 is 6.36 Å². The fourth-order valence-electron chi connectivity index (χ4n) is 4.17. The fourth-order valence-corrected chi connectivity index (χ4v) is 4.32. The number of hydrogen-bond acceptors (Lipinski definition) is 5. The first-order valence-electron chi connectivity index (χ1n) is 11.5. The predicted molar refractivity (Wildman–Crippen MR) is 147 cm³/mol. The van der Waals surface area contributed by atoms with Crippen LogP contribution in [0.4, 0.5) is 18.9 Å². The summed E-state index contributed by atoms with van der Waals surface area (Å²) in [6, 6.07) is 21.1. The average molecular weight is 535 g/mol. The van der Waals surface area contributed by atoms with Crippen LogP contribution in [0.1, 0.15) is 16.7 Å². The highest BCUT2D eigenvalue weighted by Gasteiger charge is 2.31. The van der Waals surface area contributed by atoms with Crippen molar-refractivity contribution in [1.29, 1.82) is 0 Å². The van der Waals surface area contributed by atoms with Crippen molar-refractivity contribution in [2.75, 3.05) is 5.32 Å². The molecule has 0 bridgehead atoms. The topological polar surface area (TPSA) is 71.7 Å². The molecule has 0 amide bonds. The van der Waals surface area contributed by atoms with Crippen molar-refractivity contribution in [2.45, 2.75) is 20.2 Å². The van der Waals surface area contributed by atoms with Crippen LogP contribution in [-0.4, -0.2) is 22.8 Å². The molecule has 0 radical (unpaired) electrons. The van der Waals surface area contributed by atoms with Crippen LogP contribution in [-0.2, 0) is 0 Å². The van der Waals surface area contributed by atoms with Gasteiger partial charge in [0.15, 0.2) is 10.7 Å². The van der Waals surface area contributed by atoms with Gasteiger partial charge in [-0.15, -0.1) is 13.2 Å². The number of thiocarbonyl (C=S) groups is 1. The smallest absolute Gasteiger partial charge is 0.406 e. The van der Waals surface area contributed by atoms with E-state index in [0.29, 0.717) is 22.0 Å². The number of ether oxygens (including phenoxy) is 1. The number of nitrogens with one attached hydrogen (secondary N) is 2. The van der Waals surface area contributed by atoms with Crippen molar-refractivity contribution in [1.82, 2.24) is 10.6 Å². The van der Waals surface area contributed by atoms with Gasteiger partial charge in [0, 0.05) is 16.6 Å². The number of rotatable bonds is 5. The van der Waals surface area contributed by atoms with E-state index in [1.165, 1.54) is 24.3 Å². The Morgan fingerprint density at radius 3 is 2.39 bits per heavy atom. The molecule has 0 aliphatic heterocycles. The second-order valence-electron chi connectivity index (χ2n) is 8.62. The molecule has 0 fully saturated rings. The highest BCUT2D eigenvalue weighted by atomic mass is 32.1. The van der Waals surface area contributed by atoms with E-state index in [4.69, 9.17) is 16.7 Å². The summed E-state index contributed by atoms with van der Waals surface area (Å²) < 4.78 is 46.9. The lowest BCUT2D eigenvalue weighted by Gasteiger charge is -2.12. The maximum absolute atomic E-state index is 12.4. The van der Waals surface area contributed by atoms with Crippen molar-refractivity contribution in [3.63, 3.8) is 0 Å². The minimum atomic E-state index is -4.75. The SMILES string of the molecule is Cc1cccc(C)c1NC(=S)N/N=C\c1ccc2c(ccc3c(-c4ccc(OC(F)(F)F)cc4)noc32)c1. The standard InChI is InChI=1S/C28H21F3N4O2S/c1-16-4-3-5-17(2)24(16)33-27(38)34-32-15-18-6-12-22-20(14-18)9-13-23-25(35-37-26(22)23)19-7-10-21(11-8-19)36-28(29,30)31/h3-15H,1-2H3,(H2,33,34,38)/b32-15-.